The van der Waals surface area contributed by atoms with Crippen molar-refractivity contribution in [3.8, 4) is 17.2 Å². The lowest BCUT2D eigenvalue weighted by Crippen LogP contribution is -2.09. The van der Waals surface area contributed by atoms with Gasteiger partial charge in [-0.2, -0.15) is 0 Å². The number of benzene rings is 1. The van der Waals surface area contributed by atoms with Crippen LogP contribution in [0.2, 0.25) is 0 Å². The highest BCUT2D eigenvalue weighted by atomic mass is 16.5. The molecule has 1 atom stereocenters. The summed E-state index contributed by atoms with van der Waals surface area (Å²) in [6.07, 6.45) is 1.64. The van der Waals surface area contributed by atoms with Gasteiger partial charge in [-0.1, -0.05) is 6.08 Å². The Balaban J connectivity index is 3.31. The minimum Gasteiger partial charge on any atom is -0.496 e. The highest BCUT2D eigenvalue weighted by molar-refractivity contribution is 5.52. The van der Waals surface area contributed by atoms with Crippen LogP contribution in [0.4, 0.5) is 0 Å². The second kappa shape index (κ2) is 5.42. The Morgan fingerprint density at radius 2 is 1.56 bits per heavy atom. The minimum absolute atomic E-state index is 0.297. The molecule has 16 heavy (non-hydrogen) atoms. The summed E-state index contributed by atoms with van der Waals surface area (Å²) in [6, 6.07) is 3.25. The maximum atomic E-state index is 5.89. The van der Waals surface area contributed by atoms with Gasteiger partial charge in [-0.15, -0.1) is 6.58 Å². The van der Waals surface area contributed by atoms with Crippen molar-refractivity contribution >= 4 is 0 Å². The van der Waals surface area contributed by atoms with Gasteiger partial charge in [-0.3, -0.25) is 0 Å². The molecule has 0 amide bonds. The number of methoxy groups -OCH3 is 3. The summed E-state index contributed by atoms with van der Waals surface area (Å²) in [5.74, 6) is 1.89. The standard InChI is InChI=1S/C12H17NO3/c1-5-9(13)8-6-11(15-3)12(16-4)7-10(8)14-2/h5-7,9H,1,13H2,2-4H3/t9-/m0/s1. The maximum absolute atomic E-state index is 5.89. The van der Waals surface area contributed by atoms with E-state index in [9.17, 15) is 0 Å². The molecule has 0 radical (unpaired) electrons. The third-order valence-corrected chi connectivity index (χ3v) is 2.35. The van der Waals surface area contributed by atoms with Crippen LogP contribution in [0.5, 0.6) is 17.2 Å². The smallest absolute Gasteiger partial charge is 0.164 e. The molecule has 0 unspecified atom stereocenters. The Bertz CT molecular complexity index is 377. The zero-order chi connectivity index (χ0) is 12.1. The highest BCUT2D eigenvalue weighted by Gasteiger charge is 2.14. The molecule has 0 aliphatic carbocycles. The molecule has 0 aliphatic rings. The van der Waals surface area contributed by atoms with E-state index >= 15 is 0 Å². The predicted octanol–water partition coefficient (Wildman–Crippen LogP) is 1.90. The van der Waals surface area contributed by atoms with E-state index in [0.717, 1.165) is 5.56 Å². The average Bonchev–Trinajstić information content (AvgIpc) is 2.35. The molecule has 0 fully saturated rings. The molecule has 0 saturated heterocycles. The van der Waals surface area contributed by atoms with Crippen molar-refractivity contribution in [1.29, 1.82) is 0 Å². The molecule has 1 aromatic rings. The summed E-state index contributed by atoms with van der Waals surface area (Å²) in [5.41, 5.74) is 6.71. The fraction of sp³-hybridized carbons (Fsp3) is 0.333. The lowest BCUT2D eigenvalue weighted by Gasteiger charge is -2.16. The lowest BCUT2D eigenvalue weighted by molar-refractivity contribution is 0.347. The Labute approximate surface area is 95.6 Å². The fourth-order valence-corrected chi connectivity index (χ4v) is 1.44. The molecule has 4 heteroatoms. The van der Waals surface area contributed by atoms with Crippen LogP contribution < -0.4 is 19.9 Å². The zero-order valence-corrected chi connectivity index (χ0v) is 9.82. The first kappa shape index (κ1) is 12.4. The molecule has 2 N–H and O–H groups in total. The lowest BCUT2D eigenvalue weighted by atomic mass is 10.1. The molecule has 0 saturated carbocycles. The quantitative estimate of drug-likeness (QED) is 0.774. The van der Waals surface area contributed by atoms with Crippen molar-refractivity contribution in [2.75, 3.05) is 21.3 Å². The van der Waals surface area contributed by atoms with Gasteiger partial charge >= 0.3 is 0 Å². The average molecular weight is 223 g/mol. The molecule has 0 aliphatic heterocycles. The van der Waals surface area contributed by atoms with Crippen molar-refractivity contribution in [3.05, 3.63) is 30.4 Å². The van der Waals surface area contributed by atoms with Crippen LogP contribution in [0.25, 0.3) is 0 Å². The fourth-order valence-electron chi connectivity index (χ4n) is 1.44. The van der Waals surface area contributed by atoms with Gasteiger partial charge in [0.2, 0.25) is 0 Å². The Morgan fingerprint density at radius 3 is 2.00 bits per heavy atom. The van der Waals surface area contributed by atoms with Gasteiger partial charge in [-0.25, -0.2) is 0 Å². The van der Waals surface area contributed by atoms with E-state index in [1.54, 1.807) is 39.5 Å². The third-order valence-electron chi connectivity index (χ3n) is 2.35. The summed E-state index contributed by atoms with van der Waals surface area (Å²) in [6.45, 7) is 3.66. The SMILES string of the molecule is C=C[C@H](N)c1cc(OC)c(OC)cc1OC. The monoisotopic (exact) mass is 223 g/mol. The van der Waals surface area contributed by atoms with Crippen LogP contribution in [0.15, 0.2) is 24.8 Å². The number of hydrogen-bond donors (Lipinski definition) is 1. The summed E-state index contributed by atoms with van der Waals surface area (Å²) in [7, 11) is 4.73. The van der Waals surface area contributed by atoms with Crippen molar-refractivity contribution < 1.29 is 14.2 Å². The molecule has 1 rings (SSSR count). The molecule has 0 bridgehead atoms. The second-order valence-corrected chi connectivity index (χ2v) is 3.21. The Hall–Kier alpha value is -1.68. The van der Waals surface area contributed by atoms with E-state index in [1.165, 1.54) is 0 Å². The summed E-state index contributed by atoms with van der Waals surface area (Å²) in [5, 5.41) is 0. The maximum Gasteiger partial charge on any atom is 0.164 e. The van der Waals surface area contributed by atoms with E-state index in [-0.39, 0.29) is 6.04 Å². The zero-order valence-electron chi connectivity index (χ0n) is 9.82. The third kappa shape index (κ3) is 2.28. The predicted molar refractivity (Wildman–Crippen MR) is 63.2 cm³/mol. The topological polar surface area (TPSA) is 53.7 Å². The van der Waals surface area contributed by atoms with Crippen LogP contribution in [0.3, 0.4) is 0 Å². The summed E-state index contributed by atoms with van der Waals surface area (Å²) in [4.78, 5) is 0. The van der Waals surface area contributed by atoms with E-state index in [4.69, 9.17) is 19.9 Å². The van der Waals surface area contributed by atoms with Gasteiger partial charge in [0.05, 0.1) is 27.4 Å². The van der Waals surface area contributed by atoms with E-state index < -0.39 is 0 Å². The van der Waals surface area contributed by atoms with Crippen LogP contribution in [-0.4, -0.2) is 21.3 Å². The van der Waals surface area contributed by atoms with Crippen molar-refractivity contribution in [3.63, 3.8) is 0 Å². The van der Waals surface area contributed by atoms with E-state index in [0.29, 0.717) is 17.2 Å². The molecule has 1 aromatic carbocycles. The first-order valence-electron chi connectivity index (χ1n) is 4.86. The number of ether oxygens (including phenoxy) is 3. The molecule has 0 heterocycles. The molecular formula is C12H17NO3. The number of nitrogens with two attached hydrogens (primary N) is 1. The number of rotatable bonds is 5. The highest BCUT2D eigenvalue weighted by Crippen LogP contribution is 2.36. The summed E-state index contributed by atoms with van der Waals surface area (Å²) < 4.78 is 15.6. The van der Waals surface area contributed by atoms with Crippen LogP contribution in [0, 0.1) is 0 Å². The molecule has 88 valence electrons. The molecule has 0 aromatic heterocycles. The van der Waals surface area contributed by atoms with Crippen LogP contribution >= 0.6 is 0 Å². The van der Waals surface area contributed by atoms with Crippen molar-refractivity contribution in [1.82, 2.24) is 0 Å². The first-order chi connectivity index (χ1) is 7.67. The summed E-state index contributed by atoms with van der Waals surface area (Å²) >= 11 is 0. The normalized spacial score (nSPS) is 11.8. The van der Waals surface area contributed by atoms with Crippen LogP contribution in [0.1, 0.15) is 11.6 Å². The van der Waals surface area contributed by atoms with Gasteiger partial charge < -0.3 is 19.9 Å². The second-order valence-electron chi connectivity index (χ2n) is 3.21. The largest absolute Gasteiger partial charge is 0.496 e. The van der Waals surface area contributed by atoms with E-state index in [2.05, 4.69) is 6.58 Å². The Morgan fingerprint density at radius 1 is 1.06 bits per heavy atom. The van der Waals surface area contributed by atoms with Crippen molar-refractivity contribution in [2.45, 2.75) is 6.04 Å². The van der Waals surface area contributed by atoms with Gasteiger partial charge in [-0.05, 0) is 6.07 Å². The number of hydrogen-bond acceptors (Lipinski definition) is 4. The van der Waals surface area contributed by atoms with Crippen LogP contribution in [-0.2, 0) is 0 Å². The van der Waals surface area contributed by atoms with Gasteiger partial charge in [0.25, 0.3) is 0 Å². The van der Waals surface area contributed by atoms with Gasteiger partial charge in [0, 0.05) is 11.6 Å². The molecular weight excluding hydrogens is 206 g/mol. The molecule has 0 spiro atoms. The first-order valence-corrected chi connectivity index (χ1v) is 4.86. The molecule has 4 nitrogen and oxygen atoms in total. The van der Waals surface area contributed by atoms with E-state index in [1.807, 2.05) is 0 Å². The Kier molecular flexibility index (Phi) is 4.19. The van der Waals surface area contributed by atoms with Gasteiger partial charge in [0.1, 0.15) is 5.75 Å². The minimum atomic E-state index is -0.297. The van der Waals surface area contributed by atoms with Gasteiger partial charge in [0.15, 0.2) is 11.5 Å². The van der Waals surface area contributed by atoms with Crippen molar-refractivity contribution in [2.24, 2.45) is 5.73 Å².